The molecule has 166 valence electrons. The first kappa shape index (κ1) is 22.0. The SMILES string of the molecule is C[C@@H](NCC(=O)N1c2ccccc2OC[C@@H]1c1ccccc1)c1ccc(S(N)(=O)=O)cc1. The van der Waals surface area contributed by atoms with E-state index in [1.54, 1.807) is 17.0 Å². The van der Waals surface area contributed by atoms with Gasteiger partial charge in [0.15, 0.2) is 0 Å². The minimum Gasteiger partial charge on any atom is -0.489 e. The molecule has 1 amide bonds. The van der Waals surface area contributed by atoms with Gasteiger partial charge in [0.2, 0.25) is 15.9 Å². The summed E-state index contributed by atoms with van der Waals surface area (Å²) in [5.41, 5.74) is 2.60. The van der Waals surface area contributed by atoms with Gasteiger partial charge >= 0.3 is 0 Å². The van der Waals surface area contributed by atoms with E-state index >= 15 is 0 Å². The number of amides is 1. The number of ether oxygens (including phenoxy) is 1. The molecule has 0 unspecified atom stereocenters. The van der Waals surface area contributed by atoms with Gasteiger partial charge < -0.3 is 10.1 Å². The second-order valence-corrected chi connectivity index (χ2v) is 9.25. The topological polar surface area (TPSA) is 102 Å². The number of nitrogens with one attached hydrogen (secondary N) is 1. The van der Waals surface area contributed by atoms with E-state index in [0.29, 0.717) is 12.4 Å². The Hall–Kier alpha value is -3.20. The molecule has 1 aliphatic rings. The van der Waals surface area contributed by atoms with Gasteiger partial charge in [-0.05, 0) is 42.3 Å². The number of carbonyl (C=O) groups is 1. The van der Waals surface area contributed by atoms with Gasteiger partial charge in [0.1, 0.15) is 12.4 Å². The number of fused-ring (bicyclic) bond motifs is 1. The van der Waals surface area contributed by atoms with E-state index in [-0.39, 0.29) is 29.4 Å². The number of hydrogen-bond donors (Lipinski definition) is 2. The van der Waals surface area contributed by atoms with E-state index in [1.165, 1.54) is 12.1 Å². The van der Waals surface area contributed by atoms with E-state index in [0.717, 1.165) is 16.8 Å². The van der Waals surface area contributed by atoms with Crippen molar-refractivity contribution in [2.45, 2.75) is 23.9 Å². The predicted molar refractivity (Wildman–Crippen MR) is 123 cm³/mol. The maximum absolute atomic E-state index is 13.4. The standard InChI is InChI=1S/C24H25N3O4S/c1-17(18-11-13-20(14-12-18)32(25,29)30)26-15-24(28)27-21-9-5-6-10-23(21)31-16-22(27)19-7-3-2-4-8-19/h2-14,17,22,26H,15-16H2,1H3,(H2,25,29,30)/t17-,22-/m1/s1. The lowest BCUT2D eigenvalue weighted by Crippen LogP contribution is -2.45. The van der Waals surface area contributed by atoms with Crippen LogP contribution in [-0.2, 0) is 14.8 Å². The van der Waals surface area contributed by atoms with E-state index in [9.17, 15) is 13.2 Å². The van der Waals surface area contributed by atoms with E-state index in [4.69, 9.17) is 9.88 Å². The van der Waals surface area contributed by atoms with Gasteiger partial charge in [0.05, 0.1) is 23.2 Å². The first-order chi connectivity index (χ1) is 15.3. The van der Waals surface area contributed by atoms with Crippen LogP contribution in [0, 0.1) is 0 Å². The van der Waals surface area contributed by atoms with Gasteiger partial charge in [0, 0.05) is 6.04 Å². The van der Waals surface area contributed by atoms with Gasteiger partial charge in [-0.2, -0.15) is 0 Å². The molecule has 8 heteroatoms. The number of sulfonamides is 1. The number of benzene rings is 3. The second-order valence-electron chi connectivity index (χ2n) is 7.69. The summed E-state index contributed by atoms with van der Waals surface area (Å²) in [7, 11) is -3.74. The highest BCUT2D eigenvalue weighted by Gasteiger charge is 2.33. The molecule has 0 saturated heterocycles. The summed E-state index contributed by atoms with van der Waals surface area (Å²) in [6.45, 7) is 2.40. The fraction of sp³-hybridized carbons (Fsp3) is 0.208. The third kappa shape index (κ3) is 4.67. The molecule has 4 rings (SSSR count). The second kappa shape index (κ2) is 9.12. The molecule has 3 aromatic rings. The van der Waals surface area contributed by atoms with Gasteiger partial charge in [-0.25, -0.2) is 13.6 Å². The minimum atomic E-state index is -3.74. The van der Waals surface area contributed by atoms with Crippen LogP contribution in [0.25, 0.3) is 0 Å². The van der Waals surface area contributed by atoms with Gasteiger partial charge in [-0.15, -0.1) is 0 Å². The molecule has 7 nitrogen and oxygen atoms in total. The molecule has 0 saturated carbocycles. The van der Waals surface area contributed by atoms with Gasteiger partial charge in [-0.1, -0.05) is 54.6 Å². The highest BCUT2D eigenvalue weighted by Crippen LogP contribution is 2.39. The van der Waals surface area contributed by atoms with Crippen LogP contribution >= 0.6 is 0 Å². The normalized spacial score (nSPS) is 16.7. The van der Waals surface area contributed by atoms with Crippen molar-refractivity contribution in [1.29, 1.82) is 0 Å². The number of carbonyl (C=O) groups excluding carboxylic acids is 1. The molecule has 3 N–H and O–H groups in total. The van der Waals surface area contributed by atoms with Crippen LogP contribution in [0.4, 0.5) is 5.69 Å². The molecule has 0 radical (unpaired) electrons. The number of nitrogens with zero attached hydrogens (tertiary/aromatic N) is 1. The van der Waals surface area contributed by atoms with Crippen molar-refractivity contribution in [3.05, 3.63) is 90.0 Å². The summed E-state index contributed by atoms with van der Waals surface area (Å²) in [6.07, 6.45) is 0. The monoisotopic (exact) mass is 451 g/mol. The lowest BCUT2D eigenvalue weighted by Gasteiger charge is -2.37. The van der Waals surface area contributed by atoms with Crippen LogP contribution in [0.2, 0.25) is 0 Å². The molecule has 0 aliphatic carbocycles. The van der Waals surface area contributed by atoms with Crippen molar-refractivity contribution in [1.82, 2.24) is 5.32 Å². The Morgan fingerprint density at radius 3 is 2.41 bits per heavy atom. The first-order valence-electron chi connectivity index (χ1n) is 10.3. The molecule has 0 bridgehead atoms. The summed E-state index contributed by atoms with van der Waals surface area (Å²) in [6, 6.07) is 23.3. The molecule has 0 aromatic heterocycles. The van der Waals surface area contributed by atoms with Gasteiger partial charge in [-0.3, -0.25) is 9.69 Å². The zero-order chi connectivity index (χ0) is 22.7. The van der Waals surface area contributed by atoms with Crippen molar-refractivity contribution in [3.63, 3.8) is 0 Å². The fourth-order valence-electron chi connectivity index (χ4n) is 3.81. The molecule has 0 fully saturated rings. The van der Waals surface area contributed by atoms with Crippen molar-refractivity contribution in [2.24, 2.45) is 5.14 Å². The molecular formula is C24H25N3O4S. The summed E-state index contributed by atoms with van der Waals surface area (Å²) in [5, 5.41) is 8.40. The van der Waals surface area contributed by atoms with Crippen LogP contribution < -0.4 is 20.1 Å². The number of anilines is 1. The quantitative estimate of drug-likeness (QED) is 0.600. The third-order valence-corrected chi connectivity index (χ3v) is 6.48. The smallest absolute Gasteiger partial charge is 0.241 e. The molecule has 32 heavy (non-hydrogen) atoms. The highest BCUT2D eigenvalue weighted by atomic mass is 32.2. The maximum atomic E-state index is 13.4. The Morgan fingerprint density at radius 2 is 1.72 bits per heavy atom. The molecule has 1 heterocycles. The largest absolute Gasteiger partial charge is 0.489 e. The predicted octanol–water partition coefficient (Wildman–Crippen LogP) is 3.15. The number of nitrogens with two attached hydrogens (primary N) is 1. The maximum Gasteiger partial charge on any atom is 0.241 e. The van der Waals surface area contributed by atoms with Crippen LogP contribution in [-0.4, -0.2) is 27.5 Å². The fourth-order valence-corrected chi connectivity index (χ4v) is 4.32. The van der Waals surface area contributed by atoms with Crippen molar-refractivity contribution >= 4 is 21.6 Å². The zero-order valence-corrected chi connectivity index (χ0v) is 18.5. The number of hydrogen-bond acceptors (Lipinski definition) is 5. The molecule has 1 aliphatic heterocycles. The van der Waals surface area contributed by atoms with E-state index in [2.05, 4.69) is 5.32 Å². The lowest BCUT2D eigenvalue weighted by molar-refractivity contribution is -0.118. The Morgan fingerprint density at radius 1 is 1.06 bits per heavy atom. The first-order valence-corrected chi connectivity index (χ1v) is 11.8. The number of primary sulfonamides is 1. The Balaban J connectivity index is 1.52. The molecule has 3 aromatic carbocycles. The average molecular weight is 452 g/mol. The lowest BCUT2D eigenvalue weighted by atomic mass is 10.0. The molecular weight excluding hydrogens is 426 g/mol. The van der Waals surface area contributed by atoms with Crippen molar-refractivity contribution in [2.75, 3.05) is 18.1 Å². The summed E-state index contributed by atoms with van der Waals surface area (Å²) >= 11 is 0. The van der Waals surface area contributed by atoms with Crippen molar-refractivity contribution in [3.8, 4) is 5.75 Å². The Labute approximate surface area is 187 Å². The van der Waals surface area contributed by atoms with E-state index in [1.807, 2.05) is 61.5 Å². The summed E-state index contributed by atoms with van der Waals surface area (Å²) < 4.78 is 28.8. The zero-order valence-electron chi connectivity index (χ0n) is 17.6. The van der Waals surface area contributed by atoms with E-state index < -0.39 is 10.0 Å². The molecule has 0 spiro atoms. The minimum absolute atomic E-state index is 0.0557. The summed E-state index contributed by atoms with van der Waals surface area (Å²) in [5.74, 6) is 0.599. The molecule has 2 atom stereocenters. The highest BCUT2D eigenvalue weighted by molar-refractivity contribution is 7.89. The van der Waals surface area contributed by atoms with Crippen LogP contribution in [0.1, 0.15) is 30.1 Å². The van der Waals surface area contributed by atoms with Gasteiger partial charge in [0.25, 0.3) is 0 Å². The summed E-state index contributed by atoms with van der Waals surface area (Å²) in [4.78, 5) is 15.2. The van der Waals surface area contributed by atoms with Crippen LogP contribution in [0.3, 0.4) is 0 Å². The third-order valence-electron chi connectivity index (χ3n) is 5.55. The average Bonchev–Trinajstić information content (AvgIpc) is 2.81. The number of para-hydroxylation sites is 2. The van der Waals surface area contributed by atoms with Crippen LogP contribution in [0.15, 0.2) is 83.8 Å². The van der Waals surface area contributed by atoms with Crippen molar-refractivity contribution < 1.29 is 17.9 Å². The Bertz CT molecular complexity index is 1200. The van der Waals surface area contributed by atoms with Crippen LogP contribution in [0.5, 0.6) is 5.75 Å². The number of rotatable bonds is 6. The Kier molecular flexibility index (Phi) is 6.27.